The van der Waals surface area contributed by atoms with Crippen LogP contribution in [0, 0.1) is 11.7 Å². The summed E-state index contributed by atoms with van der Waals surface area (Å²) in [5.74, 6) is 1.35. The van der Waals surface area contributed by atoms with E-state index in [4.69, 9.17) is 4.98 Å². The lowest BCUT2D eigenvalue weighted by molar-refractivity contribution is 0.176. The highest BCUT2D eigenvalue weighted by molar-refractivity contribution is 14.0. The third-order valence-corrected chi connectivity index (χ3v) is 7.70. The molecule has 2 heterocycles. The number of rotatable bonds is 8. The Labute approximate surface area is 212 Å². The van der Waals surface area contributed by atoms with Gasteiger partial charge in [-0.1, -0.05) is 19.1 Å². The van der Waals surface area contributed by atoms with Crippen molar-refractivity contribution in [3.63, 3.8) is 0 Å². The Bertz CT molecular complexity index is 890. The molecule has 176 valence electrons. The monoisotopic (exact) mass is 571 g/mol. The second-order valence-corrected chi connectivity index (χ2v) is 9.85. The fourth-order valence-corrected chi connectivity index (χ4v) is 5.15. The Balaban J connectivity index is 0.00000289. The van der Waals surface area contributed by atoms with Crippen LogP contribution in [0.25, 0.3) is 0 Å². The Morgan fingerprint density at radius 1 is 1.28 bits per heavy atom. The molecule has 2 fully saturated rings. The van der Waals surface area contributed by atoms with Crippen molar-refractivity contribution < 1.29 is 4.39 Å². The van der Waals surface area contributed by atoms with Crippen molar-refractivity contribution in [2.24, 2.45) is 10.9 Å². The minimum Gasteiger partial charge on any atom is -0.356 e. The first-order valence-electron chi connectivity index (χ1n) is 11.5. The van der Waals surface area contributed by atoms with Crippen molar-refractivity contribution >= 4 is 41.3 Å². The van der Waals surface area contributed by atoms with E-state index < -0.39 is 0 Å². The van der Waals surface area contributed by atoms with Gasteiger partial charge in [-0.2, -0.15) is 0 Å². The average molecular weight is 572 g/mol. The Hall–Kier alpha value is -1.26. The molecule has 1 aliphatic heterocycles. The molecule has 8 heteroatoms. The first-order valence-corrected chi connectivity index (χ1v) is 12.3. The van der Waals surface area contributed by atoms with Gasteiger partial charge in [0.15, 0.2) is 5.96 Å². The zero-order chi connectivity index (χ0) is 21.7. The summed E-state index contributed by atoms with van der Waals surface area (Å²) in [5, 5.41) is 10.4. The van der Waals surface area contributed by atoms with Gasteiger partial charge >= 0.3 is 0 Å². The number of hydrogen-bond donors (Lipinski definition) is 2. The molecular weight excluding hydrogens is 536 g/mol. The van der Waals surface area contributed by atoms with Gasteiger partial charge in [0.1, 0.15) is 5.82 Å². The van der Waals surface area contributed by atoms with Gasteiger partial charge in [-0.15, -0.1) is 35.3 Å². The van der Waals surface area contributed by atoms with Gasteiger partial charge in [0, 0.05) is 37.5 Å². The normalized spacial score (nSPS) is 18.8. The molecule has 0 unspecified atom stereocenters. The van der Waals surface area contributed by atoms with Crippen molar-refractivity contribution in [1.29, 1.82) is 0 Å². The van der Waals surface area contributed by atoms with Crippen molar-refractivity contribution in [3.05, 3.63) is 51.7 Å². The smallest absolute Gasteiger partial charge is 0.191 e. The standard InChI is InChI=1S/C24H34FN5S.HI/c1-3-22-29-21(16-31-22)15-30-11-7-18(8-12-30)14-27-23(26-2)28-17-24(9-10-24)19-5-4-6-20(25)13-19;/h4-6,13,16,18H,3,7-12,14-15,17H2,1-2H3,(H2,26,27,28);1H. The van der Waals surface area contributed by atoms with Crippen LogP contribution >= 0.6 is 35.3 Å². The molecule has 1 aromatic carbocycles. The van der Waals surface area contributed by atoms with Gasteiger partial charge in [0.05, 0.1) is 10.7 Å². The molecular formula is C24H35FIN5S. The molecule has 5 nitrogen and oxygen atoms in total. The fraction of sp³-hybridized carbons (Fsp3) is 0.583. The summed E-state index contributed by atoms with van der Waals surface area (Å²) >= 11 is 1.78. The summed E-state index contributed by atoms with van der Waals surface area (Å²) in [6, 6.07) is 7.03. The molecule has 0 radical (unpaired) electrons. The van der Waals surface area contributed by atoms with E-state index >= 15 is 0 Å². The number of guanidine groups is 1. The highest BCUT2D eigenvalue weighted by Gasteiger charge is 2.44. The Kier molecular flexibility index (Phi) is 9.31. The van der Waals surface area contributed by atoms with Crippen LogP contribution in [0.15, 0.2) is 34.6 Å². The average Bonchev–Trinajstić information content (AvgIpc) is 3.45. The van der Waals surface area contributed by atoms with E-state index in [2.05, 4.69) is 32.8 Å². The molecule has 2 aliphatic rings. The van der Waals surface area contributed by atoms with E-state index in [1.165, 1.54) is 29.6 Å². The number of likely N-dealkylation sites (tertiary alicyclic amines) is 1. The number of hydrogen-bond acceptors (Lipinski definition) is 4. The summed E-state index contributed by atoms with van der Waals surface area (Å²) in [7, 11) is 1.82. The SMILES string of the molecule is CCc1nc(CN2CCC(CNC(=NC)NCC3(c4cccc(F)c4)CC3)CC2)cs1.I. The first kappa shape index (κ1) is 25.4. The van der Waals surface area contributed by atoms with Crippen LogP contribution in [0.5, 0.6) is 0 Å². The minimum atomic E-state index is -0.154. The molecule has 0 atom stereocenters. The number of piperidine rings is 1. The quantitative estimate of drug-likeness (QED) is 0.277. The number of nitrogens with one attached hydrogen (secondary N) is 2. The van der Waals surface area contributed by atoms with Gasteiger partial charge < -0.3 is 10.6 Å². The third kappa shape index (κ3) is 6.63. The summed E-state index contributed by atoms with van der Waals surface area (Å²) in [6.07, 6.45) is 5.61. The van der Waals surface area contributed by atoms with Gasteiger partial charge in [-0.05, 0) is 68.8 Å². The van der Waals surface area contributed by atoms with Crippen LogP contribution in [0.2, 0.25) is 0 Å². The number of benzene rings is 1. The van der Waals surface area contributed by atoms with Crippen molar-refractivity contribution in [1.82, 2.24) is 20.5 Å². The van der Waals surface area contributed by atoms with Gasteiger partial charge in [-0.3, -0.25) is 9.89 Å². The number of nitrogens with zero attached hydrogens (tertiary/aromatic N) is 3. The van der Waals surface area contributed by atoms with E-state index in [0.29, 0.717) is 5.92 Å². The van der Waals surface area contributed by atoms with Crippen LogP contribution in [0.3, 0.4) is 0 Å². The van der Waals surface area contributed by atoms with Crippen LogP contribution in [0.4, 0.5) is 4.39 Å². The maximum absolute atomic E-state index is 13.6. The molecule has 1 saturated heterocycles. The molecule has 0 amide bonds. The van der Waals surface area contributed by atoms with Crippen LogP contribution in [-0.2, 0) is 18.4 Å². The van der Waals surface area contributed by atoms with E-state index in [1.807, 2.05) is 13.1 Å². The van der Waals surface area contributed by atoms with E-state index in [0.717, 1.165) is 63.5 Å². The van der Waals surface area contributed by atoms with Crippen molar-refractivity contribution in [2.45, 2.75) is 51.0 Å². The predicted molar refractivity (Wildman–Crippen MR) is 142 cm³/mol. The zero-order valence-corrected chi connectivity index (χ0v) is 22.2. The maximum atomic E-state index is 13.6. The Morgan fingerprint density at radius 2 is 2.06 bits per heavy atom. The van der Waals surface area contributed by atoms with Crippen LogP contribution < -0.4 is 10.6 Å². The highest BCUT2D eigenvalue weighted by Crippen LogP contribution is 2.47. The lowest BCUT2D eigenvalue weighted by Gasteiger charge is -2.32. The molecule has 1 saturated carbocycles. The molecule has 1 aromatic heterocycles. The fourth-order valence-electron chi connectivity index (χ4n) is 4.41. The van der Waals surface area contributed by atoms with Crippen LogP contribution in [-0.4, -0.2) is 49.1 Å². The Morgan fingerprint density at radius 3 is 2.69 bits per heavy atom. The van der Waals surface area contributed by atoms with Gasteiger partial charge in [0.25, 0.3) is 0 Å². The van der Waals surface area contributed by atoms with E-state index in [1.54, 1.807) is 23.5 Å². The molecule has 4 rings (SSSR count). The largest absolute Gasteiger partial charge is 0.356 e. The molecule has 2 N–H and O–H groups in total. The molecule has 0 spiro atoms. The number of thiazole rings is 1. The topological polar surface area (TPSA) is 52.6 Å². The number of aromatic nitrogens is 1. The zero-order valence-electron chi connectivity index (χ0n) is 19.1. The van der Waals surface area contributed by atoms with Gasteiger partial charge in [0.2, 0.25) is 0 Å². The maximum Gasteiger partial charge on any atom is 0.191 e. The number of halogens is 2. The predicted octanol–water partition coefficient (Wildman–Crippen LogP) is 4.57. The van der Waals surface area contributed by atoms with Gasteiger partial charge in [-0.25, -0.2) is 9.37 Å². The summed E-state index contributed by atoms with van der Waals surface area (Å²) in [6.45, 7) is 7.12. The second-order valence-electron chi connectivity index (χ2n) is 8.90. The summed E-state index contributed by atoms with van der Waals surface area (Å²) in [4.78, 5) is 11.6. The summed E-state index contributed by atoms with van der Waals surface area (Å²) < 4.78 is 13.6. The number of aliphatic imine (C=N–C) groups is 1. The molecule has 32 heavy (non-hydrogen) atoms. The van der Waals surface area contributed by atoms with E-state index in [9.17, 15) is 4.39 Å². The molecule has 1 aliphatic carbocycles. The van der Waals surface area contributed by atoms with E-state index in [-0.39, 0.29) is 35.2 Å². The van der Waals surface area contributed by atoms with Crippen LogP contribution in [0.1, 0.15) is 48.9 Å². The lowest BCUT2D eigenvalue weighted by Crippen LogP contribution is -2.44. The second kappa shape index (κ2) is 11.7. The van der Waals surface area contributed by atoms with Crippen molar-refractivity contribution in [3.8, 4) is 0 Å². The summed E-state index contributed by atoms with van der Waals surface area (Å²) in [5.41, 5.74) is 2.36. The molecule has 0 bridgehead atoms. The van der Waals surface area contributed by atoms with Crippen molar-refractivity contribution in [2.75, 3.05) is 33.2 Å². The molecule has 2 aromatic rings. The lowest BCUT2D eigenvalue weighted by atomic mass is 9.96. The highest BCUT2D eigenvalue weighted by atomic mass is 127. The first-order chi connectivity index (χ1) is 15.1. The third-order valence-electron chi connectivity index (χ3n) is 6.66. The minimum absolute atomic E-state index is 0. The number of aryl methyl sites for hydroxylation is 1.